The molecule has 1 aliphatic heterocycles. The number of carboxylic acids is 1. The van der Waals surface area contributed by atoms with Crippen molar-refractivity contribution >= 4 is 33.6 Å². The highest BCUT2D eigenvalue weighted by molar-refractivity contribution is 9.09. The second-order valence-corrected chi connectivity index (χ2v) is 6.81. The molecule has 1 aromatic rings. The Labute approximate surface area is 142 Å². The number of carboxylic acid groups (broad SMARTS) is 1. The Kier molecular flexibility index (Phi) is 4.70. The van der Waals surface area contributed by atoms with Crippen LogP contribution in [0.3, 0.4) is 0 Å². The lowest BCUT2D eigenvalue weighted by molar-refractivity contribution is -0.124. The maximum atomic E-state index is 12.2. The van der Waals surface area contributed by atoms with Gasteiger partial charge < -0.3 is 10.4 Å². The topological polar surface area (TPSA) is 91.7 Å². The van der Waals surface area contributed by atoms with Gasteiger partial charge in [-0.05, 0) is 24.5 Å². The van der Waals surface area contributed by atoms with Crippen molar-refractivity contribution in [2.45, 2.75) is 31.1 Å². The molecule has 2 N–H and O–H groups in total. The fraction of sp³-hybridized carbons (Fsp3) is 0.375. The highest BCUT2D eigenvalue weighted by atomic mass is 79.9. The fourth-order valence-corrected chi connectivity index (χ4v) is 2.42. The molecule has 2 unspecified atom stereocenters. The Morgan fingerprint density at radius 2 is 2.17 bits per heavy atom. The third-order valence-corrected chi connectivity index (χ3v) is 4.95. The SMILES string of the molecule is C=CC(Br)c1cnc(C2=NC(C)(C(C)C)C(=O)N2)c(C(=O)O)c1. The van der Waals surface area contributed by atoms with Crippen LogP contribution in [-0.4, -0.2) is 33.3 Å². The molecular weight excluding hydrogens is 362 g/mol. The molecule has 1 aromatic heterocycles. The van der Waals surface area contributed by atoms with Crippen LogP contribution in [0.25, 0.3) is 0 Å². The average Bonchev–Trinajstić information content (AvgIpc) is 2.82. The molecule has 2 rings (SSSR count). The quantitative estimate of drug-likeness (QED) is 0.607. The number of hydrogen-bond donors (Lipinski definition) is 2. The molecule has 1 amide bonds. The number of aromatic carboxylic acids is 1. The number of nitrogens with zero attached hydrogens (tertiary/aromatic N) is 2. The highest BCUT2D eigenvalue weighted by Crippen LogP contribution is 2.29. The van der Waals surface area contributed by atoms with Crippen molar-refractivity contribution in [2.75, 3.05) is 0 Å². The number of halogens is 1. The van der Waals surface area contributed by atoms with Crippen LogP contribution in [0.5, 0.6) is 0 Å². The van der Waals surface area contributed by atoms with Crippen molar-refractivity contribution in [2.24, 2.45) is 10.9 Å². The summed E-state index contributed by atoms with van der Waals surface area (Å²) < 4.78 is 0. The number of hydrogen-bond acceptors (Lipinski definition) is 4. The van der Waals surface area contributed by atoms with Crippen molar-refractivity contribution in [3.8, 4) is 0 Å². The summed E-state index contributed by atoms with van der Waals surface area (Å²) >= 11 is 3.37. The maximum absolute atomic E-state index is 12.2. The van der Waals surface area contributed by atoms with Crippen molar-refractivity contribution in [3.05, 3.63) is 41.7 Å². The molecule has 23 heavy (non-hydrogen) atoms. The first-order valence-electron chi connectivity index (χ1n) is 7.12. The number of amides is 1. The van der Waals surface area contributed by atoms with Gasteiger partial charge in [0.1, 0.15) is 11.2 Å². The van der Waals surface area contributed by atoms with Crippen LogP contribution in [0.1, 0.15) is 47.2 Å². The minimum atomic E-state index is -1.13. The zero-order valence-electron chi connectivity index (χ0n) is 13.1. The van der Waals surface area contributed by atoms with Crippen LogP contribution in [0.2, 0.25) is 0 Å². The zero-order valence-corrected chi connectivity index (χ0v) is 14.7. The standard InChI is InChI=1S/C16H18BrN3O3/c1-5-11(17)9-6-10(14(21)22)12(18-7-9)13-19-15(23)16(4,20-13)8(2)3/h5-8,11H,1H2,2-4H3,(H,21,22)(H,19,20,23). The van der Waals surface area contributed by atoms with Gasteiger partial charge in [-0.1, -0.05) is 35.9 Å². The highest BCUT2D eigenvalue weighted by Gasteiger charge is 2.43. The molecule has 6 nitrogen and oxygen atoms in total. The van der Waals surface area contributed by atoms with Crippen molar-refractivity contribution < 1.29 is 14.7 Å². The van der Waals surface area contributed by atoms with E-state index in [9.17, 15) is 14.7 Å². The van der Waals surface area contributed by atoms with Crippen LogP contribution in [0.4, 0.5) is 0 Å². The van der Waals surface area contributed by atoms with E-state index >= 15 is 0 Å². The summed E-state index contributed by atoms with van der Waals surface area (Å²) in [5.41, 5.74) is -0.119. The molecule has 2 atom stereocenters. The zero-order chi connectivity index (χ0) is 17.4. The molecule has 0 fully saturated rings. The first kappa shape index (κ1) is 17.3. The largest absolute Gasteiger partial charge is 0.478 e. The van der Waals surface area contributed by atoms with Crippen LogP contribution in [0.15, 0.2) is 29.9 Å². The van der Waals surface area contributed by atoms with Gasteiger partial charge in [0.15, 0.2) is 5.84 Å². The van der Waals surface area contributed by atoms with E-state index in [0.29, 0.717) is 5.56 Å². The summed E-state index contributed by atoms with van der Waals surface area (Å²) in [5, 5.41) is 12.1. The molecule has 1 aliphatic rings. The fourth-order valence-electron chi connectivity index (χ4n) is 2.17. The summed E-state index contributed by atoms with van der Waals surface area (Å²) in [6, 6.07) is 1.51. The molecule has 2 heterocycles. The number of carbonyl (C=O) groups excluding carboxylic acids is 1. The van der Waals surface area contributed by atoms with Gasteiger partial charge >= 0.3 is 5.97 Å². The second kappa shape index (κ2) is 6.23. The minimum absolute atomic E-state index is 0.0131. The Balaban J connectivity index is 2.54. The molecule has 0 spiro atoms. The first-order valence-corrected chi connectivity index (χ1v) is 8.03. The van der Waals surface area contributed by atoms with Gasteiger partial charge in [-0.2, -0.15) is 0 Å². The predicted octanol–water partition coefficient (Wildman–Crippen LogP) is 2.69. The van der Waals surface area contributed by atoms with Gasteiger partial charge in [-0.25, -0.2) is 9.79 Å². The molecule has 0 saturated heterocycles. The third kappa shape index (κ3) is 3.06. The van der Waals surface area contributed by atoms with E-state index in [2.05, 4.69) is 37.8 Å². The van der Waals surface area contributed by atoms with Crippen LogP contribution >= 0.6 is 15.9 Å². The lowest BCUT2D eigenvalue weighted by atomic mass is 9.89. The monoisotopic (exact) mass is 379 g/mol. The number of allylic oxidation sites excluding steroid dienone is 1. The van der Waals surface area contributed by atoms with Crippen molar-refractivity contribution in [1.82, 2.24) is 10.3 Å². The van der Waals surface area contributed by atoms with Gasteiger partial charge in [0, 0.05) is 6.20 Å². The van der Waals surface area contributed by atoms with Crippen molar-refractivity contribution in [3.63, 3.8) is 0 Å². The summed E-state index contributed by atoms with van der Waals surface area (Å²) in [4.78, 5) is 32.2. The predicted molar refractivity (Wildman–Crippen MR) is 91.0 cm³/mol. The summed E-state index contributed by atoms with van der Waals surface area (Å²) in [7, 11) is 0. The Bertz CT molecular complexity index is 715. The number of carbonyl (C=O) groups is 2. The number of amidine groups is 1. The van der Waals surface area contributed by atoms with Crippen molar-refractivity contribution in [1.29, 1.82) is 0 Å². The maximum Gasteiger partial charge on any atom is 0.338 e. The minimum Gasteiger partial charge on any atom is -0.478 e. The van der Waals surface area contributed by atoms with E-state index in [0.717, 1.165) is 0 Å². The van der Waals surface area contributed by atoms with Gasteiger partial charge in [-0.15, -0.1) is 6.58 Å². The van der Waals surface area contributed by atoms with E-state index < -0.39 is 11.5 Å². The van der Waals surface area contributed by atoms with Crippen LogP contribution in [0, 0.1) is 5.92 Å². The Morgan fingerprint density at radius 3 is 2.65 bits per heavy atom. The number of aromatic nitrogens is 1. The average molecular weight is 380 g/mol. The van der Waals surface area contributed by atoms with E-state index in [1.165, 1.54) is 6.07 Å². The lowest BCUT2D eigenvalue weighted by Gasteiger charge is -2.21. The molecule has 0 aromatic carbocycles. The summed E-state index contributed by atoms with van der Waals surface area (Å²) in [5.74, 6) is -1.22. The lowest BCUT2D eigenvalue weighted by Crippen LogP contribution is -2.41. The van der Waals surface area contributed by atoms with Gasteiger partial charge in [-0.3, -0.25) is 9.78 Å². The van der Waals surface area contributed by atoms with E-state index in [1.807, 2.05) is 13.8 Å². The number of nitrogens with one attached hydrogen (secondary N) is 1. The molecule has 0 radical (unpaired) electrons. The van der Waals surface area contributed by atoms with Gasteiger partial charge in [0.2, 0.25) is 0 Å². The Hall–Kier alpha value is -2.02. The molecular formula is C16H18BrN3O3. The van der Waals surface area contributed by atoms with E-state index in [1.54, 1.807) is 19.2 Å². The number of aliphatic imine (C=N–C) groups is 1. The number of alkyl halides is 1. The summed E-state index contributed by atoms with van der Waals surface area (Å²) in [6.07, 6.45) is 3.18. The molecule has 122 valence electrons. The smallest absolute Gasteiger partial charge is 0.338 e. The molecule has 7 heteroatoms. The van der Waals surface area contributed by atoms with E-state index in [-0.39, 0.29) is 33.7 Å². The molecule has 0 aliphatic carbocycles. The first-order chi connectivity index (χ1) is 10.7. The molecule has 0 saturated carbocycles. The van der Waals surface area contributed by atoms with Crippen LogP contribution in [-0.2, 0) is 4.79 Å². The van der Waals surface area contributed by atoms with Gasteiger partial charge in [0.05, 0.1) is 10.4 Å². The number of pyridine rings is 1. The second-order valence-electron chi connectivity index (χ2n) is 5.82. The summed E-state index contributed by atoms with van der Waals surface area (Å²) in [6.45, 7) is 9.16. The molecule has 0 bridgehead atoms. The number of rotatable bonds is 5. The third-order valence-electron chi connectivity index (χ3n) is 4.05. The van der Waals surface area contributed by atoms with E-state index in [4.69, 9.17) is 0 Å². The van der Waals surface area contributed by atoms with Gasteiger partial charge in [0.25, 0.3) is 5.91 Å². The normalized spacial score (nSPS) is 21.8. The Morgan fingerprint density at radius 1 is 1.52 bits per heavy atom. The van der Waals surface area contributed by atoms with Crippen LogP contribution < -0.4 is 5.32 Å².